The number of hydrogen-bond acceptors (Lipinski definition) is 4. The van der Waals surface area contributed by atoms with Gasteiger partial charge in [-0.25, -0.2) is 4.98 Å². The van der Waals surface area contributed by atoms with Gasteiger partial charge < -0.3 is 5.32 Å². The lowest BCUT2D eigenvalue weighted by atomic mass is 9.49. The Morgan fingerprint density at radius 2 is 1.81 bits per heavy atom. The number of amides is 1. The van der Waals surface area contributed by atoms with Gasteiger partial charge in [0.1, 0.15) is 11.6 Å². The first-order valence-corrected chi connectivity index (χ1v) is 11.2. The van der Waals surface area contributed by atoms with Crippen molar-refractivity contribution in [3.8, 4) is 11.9 Å². The van der Waals surface area contributed by atoms with Crippen LogP contribution in [-0.2, 0) is 4.79 Å². The van der Waals surface area contributed by atoms with Gasteiger partial charge in [0, 0.05) is 11.8 Å². The summed E-state index contributed by atoms with van der Waals surface area (Å²) in [4.78, 5) is 17.9. The Balaban J connectivity index is 1.28. The van der Waals surface area contributed by atoms with Crippen LogP contribution in [0.2, 0.25) is 0 Å². The third kappa shape index (κ3) is 3.20. The smallest absolute Gasteiger partial charge is 0.226 e. The van der Waals surface area contributed by atoms with Gasteiger partial charge >= 0.3 is 0 Å². The van der Waals surface area contributed by atoms with Gasteiger partial charge in [0.25, 0.3) is 0 Å². The molecule has 6 nitrogen and oxygen atoms in total. The fourth-order valence-electron chi connectivity index (χ4n) is 6.92. The zero-order valence-corrected chi connectivity index (χ0v) is 17.4. The number of pyridine rings is 1. The van der Waals surface area contributed by atoms with Gasteiger partial charge in [-0.2, -0.15) is 15.0 Å². The Hall–Kier alpha value is -3.20. The molecule has 4 aliphatic carbocycles. The second-order valence-electron chi connectivity index (χ2n) is 9.94. The van der Waals surface area contributed by atoms with E-state index in [0.29, 0.717) is 23.6 Å². The summed E-state index contributed by atoms with van der Waals surface area (Å²) in [7, 11) is 0. The number of fused-ring (bicyclic) bond motifs is 1. The summed E-state index contributed by atoms with van der Waals surface area (Å²) in [5.74, 6) is 3.41. The molecule has 4 aliphatic rings. The zero-order chi connectivity index (χ0) is 21.0. The SMILES string of the molecule is N#Cc1cnn(-c2ccc3ccccc3n2)c1NC(=O)CC12CC3CC(CC(C3)C1)C2. The normalized spacial score (nSPS) is 28.5. The van der Waals surface area contributed by atoms with Gasteiger partial charge in [-0.1, -0.05) is 18.2 Å². The molecule has 31 heavy (non-hydrogen) atoms. The van der Waals surface area contributed by atoms with Crippen molar-refractivity contribution in [2.24, 2.45) is 23.2 Å². The van der Waals surface area contributed by atoms with E-state index in [9.17, 15) is 10.1 Å². The number of para-hydroxylation sites is 1. The van der Waals surface area contributed by atoms with Crippen LogP contribution >= 0.6 is 0 Å². The number of nitrogens with zero attached hydrogens (tertiary/aromatic N) is 4. The van der Waals surface area contributed by atoms with Gasteiger partial charge in [-0.15, -0.1) is 0 Å². The summed E-state index contributed by atoms with van der Waals surface area (Å²) in [6, 6.07) is 13.9. The summed E-state index contributed by atoms with van der Waals surface area (Å²) in [5, 5.41) is 18.0. The van der Waals surface area contributed by atoms with Crippen molar-refractivity contribution in [3.05, 3.63) is 48.2 Å². The maximum absolute atomic E-state index is 13.2. The molecule has 0 unspecified atom stereocenters. The Morgan fingerprint density at radius 3 is 2.52 bits per heavy atom. The standard InChI is InChI=1S/C25H25N5O/c26-14-20-15-27-30(22-6-5-19-3-1-2-4-21(19)28-22)24(20)29-23(31)13-25-10-16-7-17(11-25)9-18(8-16)12-25/h1-6,15-18H,7-13H2,(H,29,31). The van der Waals surface area contributed by atoms with E-state index in [-0.39, 0.29) is 11.3 Å². The maximum atomic E-state index is 13.2. The Labute approximate surface area is 181 Å². The minimum Gasteiger partial charge on any atom is -0.309 e. The summed E-state index contributed by atoms with van der Waals surface area (Å²) in [6.07, 6.45) is 9.67. The highest BCUT2D eigenvalue weighted by molar-refractivity contribution is 5.92. The highest BCUT2D eigenvalue weighted by Gasteiger charge is 2.51. The third-order valence-corrected chi connectivity index (χ3v) is 7.65. The van der Waals surface area contributed by atoms with Gasteiger partial charge in [0.2, 0.25) is 5.91 Å². The molecule has 4 bridgehead atoms. The Morgan fingerprint density at radius 1 is 1.10 bits per heavy atom. The number of hydrogen-bond donors (Lipinski definition) is 1. The molecule has 1 N–H and O–H groups in total. The van der Waals surface area contributed by atoms with E-state index in [0.717, 1.165) is 28.7 Å². The van der Waals surface area contributed by atoms with Crippen molar-refractivity contribution in [1.29, 1.82) is 5.26 Å². The summed E-state index contributed by atoms with van der Waals surface area (Å²) >= 11 is 0. The summed E-state index contributed by atoms with van der Waals surface area (Å²) < 4.78 is 1.57. The second kappa shape index (κ2) is 6.91. The van der Waals surface area contributed by atoms with Crippen LogP contribution in [0.4, 0.5) is 5.82 Å². The van der Waals surface area contributed by atoms with Crippen molar-refractivity contribution in [2.75, 3.05) is 5.32 Å². The van der Waals surface area contributed by atoms with E-state index in [1.165, 1.54) is 44.7 Å². The predicted molar refractivity (Wildman–Crippen MR) is 117 cm³/mol. The lowest BCUT2D eigenvalue weighted by Crippen LogP contribution is -2.47. The van der Waals surface area contributed by atoms with Gasteiger partial charge in [0.05, 0.1) is 11.7 Å². The highest BCUT2D eigenvalue weighted by atomic mass is 16.1. The van der Waals surface area contributed by atoms with Crippen LogP contribution in [0.5, 0.6) is 0 Å². The number of carbonyl (C=O) groups excluding carboxylic acids is 1. The number of aromatic nitrogens is 3. The zero-order valence-electron chi connectivity index (χ0n) is 17.4. The van der Waals surface area contributed by atoms with Crippen molar-refractivity contribution >= 4 is 22.6 Å². The number of rotatable bonds is 4. The number of anilines is 1. The van der Waals surface area contributed by atoms with Crippen LogP contribution < -0.4 is 5.32 Å². The molecule has 0 aliphatic heterocycles. The topological polar surface area (TPSA) is 83.6 Å². The summed E-state index contributed by atoms with van der Waals surface area (Å²) in [5.41, 5.74) is 1.35. The average Bonchev–Trinajstić information content (AvgIpc) is 3.14. The Kier molecular flexibility index (Phi) is 4.14. The number of nitriles is 1. The van der Waals surface area contributed by atoms with E-state index in [4.69, 9.17) is 0 Å². The molecule has 2 aromatic heterocycles. The molecule has 2 heterocycles. The van der Waals surface area contributed by atoms with E-state index in [2.05, 4.69) is 21.5 Å². The monoisotopic (exact) mass is 411 g/mol. The maximum Gasteiger partial charge on any atom is 0.226 e. The van der Waals surface area contributed by atoms with Gasteiger partial charge in [-0.05, 0) is 79.9 Å². The molecule has 0 saturated heterocycles. The van der Waals surface area contributed by atoms with Crippen LogP contribution in [0.25, 0.3) is 16.7 Å². The molecule has 0 spiro atoms. The van der Waals surface area contributed by atoms with E-state index >= 15 is 0 Å². The molecule has 1 amide bonds. The molecule has 6 heteroatoms. The van der Waals surface area contributed by atoms with Crippen molar-refractivity contribution in [2.45, 2.75) is 44.9 Å². The molecule has 1 aromatic carbocycles. The molecular formula is C25H25N5O. The molecule has 3 aromatic rings. The lowest BCUT2D eigenvalue weighted by Gasteiger charge is -2.56. The molecule has 156 valence electrons. The van der Waals surface area contributed by atoms with Crippen LogP contribution in [0.15, 0.2) is 42.6 Å². The lowest BCUT2D eigenvalue weighted by molar-refractivity contribution is -0.124. The number of nitrogens with one attached hydrogen (secondary N) is 1. The van der Waals surface area contributed by atoms with Crippen molar-refractivity contribution < 1.29 is 4.79 Å². The minimum absolute atomic E-state index is 0.0130. The van der Waals surface area contributed by atoms with E-state index in [1.807, 2.05) is 36.4 Å². The first-order valence-electron chi connectivity index (χ1n) is 11.2. The van der Waals surface area contributed by atoms with Crippen LogP contribution in [0.3, 0.4) is 0 Å². The molecule has 4 fully saturated rings. The van der Waals surface area contributed by atoms with E-state index < -0.39 is 0 Å². The first-order chi connectivity index (χ1) is 15.1. The second-order valence-corrected chi connectivity index (χ2v) is 9.94. The average molecular weight is 412 g/mol. The molecule has 7 rings (SSSR count). The van der Waals surface area contributed by atoms with Gasteiger partial charge in [0.15, 0.2) is 11.6 Å². The quantitative estimate of drug-likeness (QED) is 0.666. The molecule has 0 radical (unpaired) electrons. The first kappa shape index (κ1) is 18.6. The van der Waals surface area contributed by atoms with Crippen molar-refractivity contribution in [1.82, 2.24) is 14.8 Å². The number of carbonyl (C=O) groups is 1. The van der Waals surface area contributed by atoms with Crippen LogP contribution in [-0.4, -0.2) is 20.7 Å². The molecular weight excluding hydrogens is 386 g/mol. The summed E-state index contributed by atoms with van der Waals surface area (Å²) in [6.45, 7) is 0. The van der Waals surface area contributed by atoms with E-state index in [1.54, 1.807) is 4.68 Å². The number of benzene rings is 1. The third-order valence-electron chi connectivity index (χ3n) is 7.65. The fourth-order valence-corrected chi connectivity index (χ4v) is 6.92. The minimum atomic E-state index is -0.0130. The van der Waals surface area contributed by atoms with Crippen molar-refractivity contribution in [3.63, 3.8) is 0 Å². The fraction of sp³-hybridized carbons (Fsp3) is 0.440. The van der Waals surface area contributed by atoms with Crippen LogP contribution in [0.1, 0.15) is 50.5 Å². The Bertz CT molecular complexity index is 1180. The van der Waals surface area contributed by atoms with Crippen LogP contribution in [0, 0.1) is 34.5 Å². The van der Waals surface area contributed by atoms with Gasteiger partial charge in [-0.3, -0.25) is 4.79 Å². The molecule has 0 atom stereocenters. The predicted octanol–water partition coefficient (Wildman–Crippen LogP) is 4.84. The molecule has 4 saturated carbocycles. The largest absolute Gasteiger partial charge is 0.309 e. The highest BCUT2D eigenvalue weighted by Crippen LogP contribution is 2.61.